The zero-order chi connectivity index (χ0) is 20.8. The van der Waals surface area contributed by atoms with Crippen LogP contribution in [-0.2, 0) is 6.42 Å². The van der Waals surface area contributed by atoms with E-state index in [4.69, 9.17) is 9.47 Å². The molecule has 6 heteroatoms. The Balaban J connectivity index is 1.80. The van der Waals surface area contributed by atoms with Crippen LogP contribution in [0.15, 0.2) is 54.9 Å². The van der Waals surface area contributed by atoms with Crippen LogP contribution in [0.5, 0.6) is 11.5 Å². The van der Waals surface area contributed by atoms with Crippen molar-refractivity contribution in [2.45, 2.75) is 20.3 Å². The van der Waals surface area contributed by atoms with Crippen molar-refractivity contribution in [2.75, 3.05) is 24.9 Å². The first kappa shape index (κ1) is 20.2. The molecule has 0 fully saturated rings. The molecule has 1 heterocycles. The lowest BCUT2D eigenvalue weighted by Gasteiger charge is -2.14. The van der Waals surface area contributed by atoms with E-state index >= 15 is 0 Å². The normalized spacial score (nSPS) is 10.3. The minimum Gasteiger partial charge on any atom is -0.493 e. The van der Waals surface area contributed by atoms with Crippen LogP contribution in [0.2, 0.25) is 0 Å². The average Bonchev–Trinajstić information content (AvgIpc) is 2.75. The Hall–Kier alpha value is -3.54. The van der Waals surface area contributed by atoms with Gasteiger partial charge in [0.1, 0.15) is 0 Å². The van der Waals surface area contributed by atoms with Gasteiger partial charge in [-0.1, -0.05) is 25.1 Å². The topological polar surface area (TPSA) is 72.5 Å². The number of anilines is 3. The van der Waals surface area contributed by atoms with E-state index in [0.29, 0.717) is 22.7 Å². The molecule has 0 saturated carbocycles. The SMILES string of the molecule is CCc1cccc(C)c1NC(=O)c1cncc(Nc2ccc(OC)c(OC)c2)c1. The van der Waals surface area contributed by atoms with Crippen LogP contribution in [-0.4, -0.2) is 25.1 Å². The van der Waals surface area contributed by atoms with E-state index in [0.717, 1.165) is 28.9 Å². The summed E-state index contributed by atoms with van der Waals surface area (Å²) in [6, 6.07) is 13.3. The second-order valence-electron chi connectivity index (χ2n) is 6.57. The molecule has 0 saturated heterocycles. The van der Waals surface area contributed by atoms with Crippen molar-refractivity contribution in [1.29, 1.82) is 0 Å². The summed E-state index contributed by atoms with van der Waals surface area (Å²) in [5.41, 5.74) is 4.97. The second kappa shape index (κ2) is 9.10. The summed E-state index contributed by atoms with van der Waals surface area (Å²) in [4.78, 5) is 17.0. The Bertz CT molecular complexity index is 1020. The molecule has 29 heavy (non-hydrogen) atoms. The van der Waals surface area contributed by atoms with Gasteiger partial charge in [-0.2, -0.15) is 0 Å². The number of nitrogens with zero attached hydrogens (tertiary/aromatic N) is 1. The van der Waals surface area contributed by atoms with Crippen LogP contribution in [0, 0.1) is 6.92 Å². The summed E-state index contributed by atoms with van der Waals surface area (Å²) in [5, 5.41) is 6.27. The Morgan fingerprint density at radius 1 is 1.00 bits per heavy atom. The highest BCUT2D eigenvalue weighted by molar-refractivity contribution is 6.05. The fraction of sp³-hybridized carbons (Fsp3) is 0.217. The maximum absolute atomic E-state index is 12.8. The molecule has 0 bridgehead atoms. The molecule has 0 aliphatic rings. The Labute approximate surface area is 170 Å². The number of rotatable bonds is 7. The number of carbonyl (C=O) groups is 1. The average molecular weight is 391 g/mol. The van der Waals surface area contributed by atoms with Crippen LogP contribution in [0.3, 0.4) is 0 Å². The van der Waals surface area contributed by atoms with Crippen LogP contribution >= 0.6 is 0 Å². The van der Waals surface area contributed by atoms with E-state index in [1.807, 2.05) is 43.3 Å². The van der Waals surface area contributed by atoms with Crippen molar-refractivity contribution >= 4 is 23.0 Å². The molecule has 1 aromatic heterocycles. The molecule has 0 radical (unpaired) electrons. The van der Waals surface area contributed by atoms with Crippen molar-refractivity contribution in [2.24, 2.45) is 0 Å². The number of aromatic nitrogens is 1. The maximum Gasteiger partial charge on any atom is 0.257 e. The largest absolute Gasteiger partial charge is 0.493 e. The van der Waals surface area contributed by atoms with Crippen LogP contribution < -0.4 is 20.1 Å². The quantitative estimate of drug-likeness (QED) is 0.595. The third kappa shape index (κ3) is 4.66. The minimum absolute atomic E-state index is 0.197. The summed E-state index contributed by atoms with van der Waals surface area (Å²) in [7, 11) is 3.18. The number of nitrogens with one attached hydrogen (secondary N) is 2. The van der Waals surface area contributed by atoms with E-state index < -0.39 is 0 Å². The first-order valence-corrected chi connectivity index (χ1v) is 9.39. The van der Waals surface area contributed by atoms with Crippen molar-refractivity contribution < 1.29 is 14.3 Å². The first-order chi connectivity index (χ1) is 14.0. The van der Waals surface area contributed by atoms with E-state index in [-0.39, 0.29) is 5.91 Å². The number of amides is 1. The fourth-order valence-corrected chi connectivity index (χ4v) is 3.10. The van der Waals surface area contributed by atoms with Crippen molar-refractivity contribution in [1.82, 2.24) is 4.98 Å². The van der Waals surface area contributed by atoms with Crippen LogP contribution in [0.1, 0.15) is 28.4 Å². The molecule has 6 nitrogen and oxygen atoms in total. The van der Waals surface area contributed by atoms with Crippen molar-refractivity contribution in [3.63, 3.8) is 0 Å². The highest BCUT2D eigenvalue weighted by atomic mass is 16.5. The Morgan fingerprint density at radius 3 is 2.52 bits per heavy atom. The number of carbonyl (C=O) groups excluding carboxylic acids is 1. The van der Waals surface area contributed by atoms with Gasteiger partial charge in [0.15, 0.2) is 11.5 Å². The molecule has 0 aliphatic carbocycles. The van der Waals surface area contributed by atoms with Gasteiger partial charge in [0.2, 0.25) is 0 Å². The van der Waals surface area contributed by atoms with Gasteiger partial charge in [0.05, 0.1) is 31.7 Å². The predicted molar refractivity (Wildman–Crippen MR) is 116 cm³/mol. The van der Waals surface area contributed by atoms with E-state index in [9.17, 15) is 4.79 Å². The third-order valence-corrected chi connectivity index (χ3v) is 4.65. The number of hydrogen-bond donors (Lipinski definition) is 2. The number of hydrogen-bond acceptors (Lipinski definition) is 5. The summed E-state index contributed by atoms with van der Waals surface area (Å²) >= 11 is 0. The third-order valence-electron chi connectivity index (χ3n) is 4.65. The second-order valence-corrected chi connectivity index (χ2v) is 6.57. The monoisotopic (exact) mass is 391 g/mol. The van der Waals surface area contributed by atoms with Crippen molar-refractivity contribution in [3.8, 4) is 11.5 Å². The standard InChI is InChI=1S/C23H25N3O3/c1-5-16-8-6-7-15(2)22(16)26-23(27)17-11-19(14-24-13-17)25-18-9-10-20(28-3)21(12-18)29-4/h6-14,25H,5H2,1-4H3,(H,26,27). The summed E-state index contributed by atoms with van der Waals surface area (Å²) in [6.45, 7) is 4.06. The van der Waals surface area contributed by atoms with Crippen LogP contribution in [0.25, 0.3) is 0 Å². The zero-order valence-corrected chi connectivity index (χ0v) is 17.1. The van der Waals surface area contributed by atoms with Gasteiger partial charge in [-0.15, -0.1) is 0 Å². The van der Waals surface area contributed by atoms with Gasteiger partial charge in [0.25, 0.3) is 5.91 Å². The predicted octanol–water partition coefficient (Wildman–Crippen LogP) is 4.97. The molecular formula is C23H25N3O3. The van der Waals surface area contributed by atoms with Gasteiger partial charge in [-0.3, -0.25) is 9.78 Å². The van der Waals surface area contributed by atoms with Gasteiger partial charge in [-0.25, -0.2) is 0 Å². The van der Waals surface area contributed by atoms with E-state index in [1.54, 1.807) is 32.7 Å². The fourth-order valence-electron chi connectivity index (χ4n) is 3.10. The molecule has 1 amide bonds. The Morgan fingerprint density at radius 2 is 1.79 bits per heavy atom. The molecule has 3 aromatic rings. The van der Waals surface area contributed by atoms with Gasteiger partial charge in [-0.05, 0) is 42.7 Å². The van der Waals surface area contributed by atoms with Gasteiger partial charge < -0.3 is 20.1 Å². The molecule has 0 spiro atoms. The van der Waals surface area contributed by atoms with Crippen LogP contribution in [0.4, 0.5) is 17.1 Å². The zero-order valence-electron chi connectivity index (χ0n) is 17.1. The smallest absolute Gasteiger partial charge is 0.257 e. The van der Waals surface area contributed by atoms with Gasteiger partial charge >= 0.3 is 0 Å². The lowest BCUT2D eigenvalue weighted by atomic mass is 10.1. The highest BCUT2D eigenvalue weighted by Gasteiger charge is 2.12. The summed E-state index contributed by atoms with van der Waals surface area (Å²) < 4.78 is 10.6. The Kier molecular flexibility index (Phi) is 6.34. The molecule has 0 atom stereocenters. The van der Waals surface area contributed by atoms with Crippen molar-refractivity contribution in [3.05, 3.63) is 71.5 Å². The first-order valence-electron chi connectivity index (χ1n) is 9.39. The number of ether oxygens (including phenoxy) is 2. The lowest BCUT2D eigenvalue weighted by molar-refractivity contribution is 0.102. The molecule has 2 aromatic carbocycles. The number of benzene rings is 2. The molecule has 2 N–H and O–H groups in total. The maximum atomic E-state index is 12.8. The molecule has 3 rings (SSSR count). The molecular weight excluding hydrogens is 366 g/mol. The number of pyridine rings is 1. The number of aryl methyl sites for hydroxylation is 2. The summed E-state index contributed by atoms with van der Waals surface area (Å²) in [6.07, 6.45) is 4.06. The van der Waals surface area contributed by atoms with E-state index in [1.165, 1.54) is 0 Å². The highest BCUT2D eigenvalue weighted by Crippen LogP contribution is 2.31. The number of para-hydroxylation sites is 1. The number of methoxy groups -OCH3 is 2. The molecule has 0 unspecified atom stereocenters. The molecule has 150 valence electrons. The molecule has 0 aliphatic heterocycles. The van der Waals surface area contributed by atoms with Gasteiger partial charge in [0, 0.05) is 23.6 Å². The summed E-state index contributed by atoms with van der Waals surface area (Å²) in [5.74, 6) is 1.07. The minimum atomic E-state index is -0.197. The van der Waals surface area contributed by atoms with E-state index in [2.05, 4.69) is 22.5 Å². The lowest BCUT2D eigenvalue weighted by Crippen LogP contribution is -2.14.